The molecule has 16 nitrogen and oxygen atoms in total. The minimum atomic E-state index is -0.942. The molecule has 0 saturated carbocycles. The van der Waals surface area contributed by atoms with Gasteiger partial charge in [-0.1, -0.05) is 68.7 Å². The summed E-state index contributed by atoms with van der Waals surface area (Å²) in [4.78, 5) is 60.1. The zero-order valence-electron chi connectivity index (χ0n) is 28.4. The maximum Gasteiger partial charge on any atom is 0.321 e. The van der Waals surface area contributed by atoms with Gasteiger partial charge in [-0.05, 0) is 18.3 Å². The molecular weight excluding hydrogens is 580 g/mol. The van der Waals surface area contributed by atoms with Crippen LogP contribution in [0.3, 0.4) is 0 Å². The van der Waals surface area contributed by atoms with E-state index in [2.05, 4.69) is 16.0 Å². The summed E-state index contributed by atoms with van der Waals surface area (Å²) in [6, 6.07) is -1.18. The SMILES string of the molecule is CC(C)(C)C(N)C(=O)O.CC(C)NCC(=O)O.CCC(=O)NC.CCC(=O)NCO.CCCC(N)=O.CCCC(N)C(=O)O. The van der Waals surface area contributed by atoms with Gasteiger partial charge in [0.15, 0.2) is 0 Å². The van der Waals surface area contributed by atoms with Crippen LogP contribution >= 0.6 is 0 Å². The molecule has 0 heterocycles. The third-order valence-corrected chi connectivity index (χ3v) is 4.47. The first-order valence-electron chi connectivity index (χ1n) is 14.3. The summed E-state index contributed by atoms with van der Waals surface area (Å²) in [6.07, 6.45) is 3.77. The van der Waals surface area contributed by atoms with E-state index < -0.39 is 30.0 Å². The van der Waals surface area contributed by atoms with Crippen LogP contribution in [-0.4, -0.2) is 94.5 Å². The van der Waals surface area contributed by atoms with Gasteiger partial charge >= 0.3 is 17.9 Å². The Hall–Kier alpha value is -3.34. The Balaban J connectivity index is -0.0000000991. The molecule has 0 fully saturated rings. The topological polar surface area (TPSA) is 297 Å². The lowest BCUT2D eigenvalue weighted by Crippen LogP contribution is -2.41. The second kappa shape index (κ2) is 35.9. The van der Waals surface area contributed by atoms with E-state index in [1.807, 2.05) is 34.6 Å². The number of carbonyl (C=O) groups is 6. The number of carboxylic acids is 3. The molecule has 2 unspecified atom stereocenters. The largest absolute Gasteiger partial charge is 0.480 e. The Bertz CT molecular complexity index is 754. The summed E-state index contributed by atoms with van der Waals surface area (Å²) in [7, 11) is 1.63. The quantitative estimate of drug-likeness (QED) is 0.130. The summed E-state index contributed by atoms with van der Waals surface area (Å²) in [5.41, 5.74) is 14.8. The van der Waals surface area contributed by atoms with Gasteiger partial charge in [-0.3, -0.25) is 28.8 Å². The van der Waals surface area contributed by atoms with Crippen molar-refractivity contribution in [2.45, 2.75) is 119 Å². The molecule has 0 rings (SSSR count). The van der Waals surface area contributed by atoms with Crippen molar-refractivity contribution in [3.05, 3.63) is 0 Å². The molecule has 44 heavy (non-hydrogen) atoms. The van der Waals surface area contributed by atoms with E-state index in [-0.39, 0.29) is 42.5 Å². The molecule has 0 saturated heterocycles. The highest BCUT2D eigenvalue weighted by Crippen LogP contribution is 2.16. The first-order valence-corrected chi connectivity index (χ1v) is 14.3. The summed E-state index contributed by atoms with van der Waals surface area (Å²) in [5.74, 6) is -2.90. The lowest BCUT2D eigenvalue weighted by atomic mass is 9.88. The fraction of sp³-hybridized carbons (Fsp3) is 0.786. The molecular formula is C28H62N6O10. The molecule has 0 aromatic heterocycles. The summed E-state index contributed by atoms with van der Waals surface area (Å²) in [6.45, 7) is 16.4. The zero-order valence-corrected chi connectivity index (χ0v) is 28.4. The van der Waals surface area contributed by atoms with E-state index in [4.69, 9.17) is 37.6 Å². The number of rotatable bonds is 12. The Morgan fingerprint density at radius 1 is 0.795 bits per heavy atom. The Labute approximate surface area is 262 Å². The number of hydrogen-bond donors (Lipinski definition) is 10. The van der Waals surface area contributed by atoms with E-state index in [0.29, 0.717) is 25.7 Å². The average molecular weight is 643 g/mol. The highest BCUT2D eigenvalue weighted by Gasteiger charge is 2.26. The zero-order chi connectivity index (χ0) is 36.5. The van der Waals surface area contributed by atoms with Gasteiger partial charge in [-0.15, -0.1) is 0 Å². The highest BCUT2D eigenvalue weighted by molar-refractivity contribution is 5.75. The Morgan fingerprint density at radius 3 is 1.32 bits per heavy atom. The Morgan fingerprint density at radius 2 is 1.25 bits per heavy atom. The minimum absolute atomic E-state index is 0.0532. The molecule has 0 aromatic carbocycles. The van der Waals surface area contributed by atoms with E-state index in [9.17, 15) is 28.8 Å². The van der Waals surface area contributed by atoms with Crippen LogP contribution in [0.2, 0.25) is 0 Å². The first kappa shape index (κ1) is 53.2. The number of carbonyl (C=O) groups excluding carboxylic acids is 3. The third-order valence-electron chi connectivity index (χ3n) is 4.47. The number of aliphatic hydroxyl groups is 1. The van der Waals surface area contributed by atoms with Crippen LogP contribution in [-0.2, 0) is 28.8 Å². The summed E-state index contributed by atoms with van der Waals surface area (Å²) in [5, 5.41) is 40.1. The fourth-order valence-electron chi connectivity index (χ4n) is 1.73. The maximum atomic E-state index is 10.2. The molecule has 3 amide bonds. The molecule has 0 radical (unpaired) electrons. The summed E-state index contributed by atoms with van der Waals surface area (Å²) < 4.78 is 0. The predicted molar refractivity (Wildman–Crippen MR) is 170 cm³/mol. The van der Waals surface area contributed by atoms with E-state index >= 15 is 0 Å². The number of carboxylic acid groups (broad SMARTS) is 3. The maximum absolute atomic E-state index is 10.2. The Kier molecular flexibility index (Phi) is 43.4. The number of primary amides is 1. The molecule has 0 aromatic rings. The molecule has 13 N–H and O–H groups in total. The second-order valence-electron chi connectivity index (χ2n) is 10.2. The molecule has 16 heteroatoms. The van der Waals surface area contributed by atoms with E-state index in [0.717, 1.165) is 12.8 Å². The standard InChI is InChI=1S/C6H13NO2.2C5H11NO2.C4H9NO2.2C4H9NO/c1-6(2,3)4(7)5(8)9;1-4(2)6-3-5(7)8;1-2-3-4(6)5(7)8;1-2-4(7)5-3-6;1-3-4(6)5-2;1-2-3-4(5)6/h4H,7H2,1-3H3,(H,8,9);4,6H,3H2,1-2H3,(H,7,8);4H,2-3,6H2,1H3,(H,7,8);6H,2-3H2,1H3,(H,5,7);3H2,1-2H3,(H,5,6);2-3H2,1H3,(H2,5,6). The number of hydrogen-bond acceptors (Lipinski definition) is 10. The van der Waals surface area contributed by atoms with Crippen LogP contribution in [0.5, 0.6) is 0 Å². The van der Waals surface area contributed by atoms with Gasteiger partial charge < -0.3 is 53.6 Å². The monoisotopic (exact) mass is 642 g/mol. The van der Waals surface area contributed by atoms with Crippen molar-refractivity contribution in [2.75, 3.05) is 20.3 Å². The molecule has 264 valence electrons. The molecule has 0 aliphatic carbocycles. The van der Waals surface area contributed by atoms with Crippen LogP contribution in [0.15, 0.2) is 0 Å². The molecule has 0 bridgehead atoms. The minimum Gasteiger partial charge on any atom is -0.480 e. The van der Waals surface area contributed by atoms with Crippen molar-refractivity contribution in [3.8, 4) is 0 Å². The molecule has 2 atom stereocenters. The van der Waals surface area contributed by atoms with Crippen molar-refractivity contribution in [3.63, 3.8) is 0 Å². The van der Waals surface area contributed by atoms with Crippen LogP contribution in [0.25, 0.3) is 0 Å². The van der Waals surface area contributed by atoms with Gasteiger partial charge in [0.1, 0.15) is 18.8 Å². The fourth-order valence-corrected chi connectivity index (χ4v) is 1.73. The second-order valence-corrected chi connectivity index (χ2v) is 10.2. The van der Waals surface area contributed by atoms with E-state index in [1.165, 1.54) is 0 Å². The molecule has 0 aliphatic rings. The van der Waals surface area contributed by atoms with Crippen molar-refractivity contribution in [1.29, 1.82) is 0 Å². The van der Waals surface area contributed by atoms with Gasteiger partial charge in [0.05, 0.1) is 6.54 Å². The van der Waals surface area contributed by atoms with Crippen LogP contribution in [0, 0.1) is 5.41 Å². The van der Waals surface area contributed by atoms with Crippen molar-refractivity contribution in [2.24, 2.45) is 22.6 Å². The number of aliphatic hydroxyl groups excluding tert-OH is 1. The van der Waals surface area contributed by atoms with Gasteiger partial charge in [0, 0.05) is 32.4 Å². The van der Waals surface area contributed by atoms with Crippen LogP contribution < -0.4 is 33.2 Å². The highest BCUT2D eigenvalue weighted by atomic mass is 16.4. The summed E-state index contributed by atoms with van der Waals surface area (Å²) >= 11 is 0. The lowest BCUT2D eigenvalue weighted by molar-refractivity contribution is -0.141. The number of nitrogens with one attached hydrogen (secondary N) is 3. The van der Waals surface area contributed by atoms with Crippen molar-refractivity contribution >= 4 is 35.6 Å². The van der Waals surface area contributed by atoms with Gasteiger partial charge in [0.25, 0.3) is 0 Å². The van der Waals surface area contributed by atoms with E-state index in [1.54, 1.807) is 34.7 Å². The first-order chi connectivity index (χ1) is 20.0. The molecule has 0 aliphatic heterocycles. The number of amides is 3. The predicted octanol–water partition coefficient (Wildman–Crippen LogP) is 0.588. The van der Waals surface area contributed by atoms with Gasteiger partial charge in [0.2, 0.25) is 17.7 Å². The van der Waals surface area contributed by atoms with Crippen LogP contribution in [0.4, 0.5) is 0 Å². The lowest BCUT2D eigenvalue weighted by Gasteiger charge is -2.22. The van der Waals surface area contributed by atoms with Gasteiger partial charge in [-0.25, -0.2) is 0 Å². The van der Waals surface area contributed by atoms with Gasteiger partial charge in [-0.2, -0.15) is 0 Å². The van der Waals surface area contributed by atoms with Crippen molar-refractivity contribution in [1.82, 2.24) is 16.0 Å². The van der Waals surface area contributed by atoms with Crippen molar-refractivity contribution < 1.29 is 49.2 Å². The normalized spacial score (nSPS) is 10.8. The number of nitrogens with two attached hydrogens (primary N) is 3. The number of aliphatic carboxylic acids is 3. The van der Waals surface area contributed by atoms with Crippen LogP contribution in [0.1, 0.15) is 101 Å². The smallest absolute Gasteiger partial charge is 0.321 e. The third kappa shape index (κ3) is 58.3. The molecule has 0 spiro atoms. The average Bonchev–Trinajstić information content (AvgIpc) is 2.92.